The average Bonchev–Trinajstić information content (AvgIpc) is 2.18. The second-order valence-corrected chi connectivity index (χ2v) is 3.94. The Morgan fingerprint density at radius 3 is 2.69 bits per heavy atom. The smallest absolute Gasteiger partial charge is 0.328 e. The van der Waals surface area contributed by atoms with E-state index in [1.165, 1.54) is 18.2 Å². The maximum Gasteiger partial charge on any atom is 0.328 e. The van der Waals surface area contributed by atoms with Gasteiger partial charge < -0.3 is 5.11 Å². The standard InChI is InChI=1S/C10H8BrNO4/c1-6-4-9(12(15)16)8(11)5-7(6)2-3-10(13)14/h2-5H,1H3,(H,13,14)/b3-2+. The van der Waals surface area contributed by atoms with Gasteiger partial charge in [0.25, 0.3) is 5.69 Å². The van der Waals surface area contributed by atoms with E-state index in [0.717, 1.165) is 6.08 Å². The van der Waals surface area contributed by atoms with Crippen molar-refractivity contribution in [3.05, 3.63) is 43.9 Å². The largest absolute Gasteiger partial charge is 0.478 e. The van der Waals surface area contributed by atoms with E-state index in [0.29, 0.717) is 15.6 Å². The number of hydrogen-bond acceptors (Lipinski definition) is 3. The first-order valence-electron chi connectivity index (χ1n) is 4.27. The Morgan fingerprint density at radius 2 is 2.19 bits per heavy atom. The molecule has 1 aromatic rings. The van der Waals surface area contributed by atoms with Crippen molar-refractivity contribution in [1.29, 1.82) is 0 Å². The molecule has 0 bridgehead atoms. The maximum atomic E-state index is 10.6. The van der Waals surface area contributed by atoms with E-state index in [9.17, 15) is 14.9 Å². The number of carboxylic acid groups (broad SMARTS) is 1. The number of nitrogens with zero attached hydrogens (tertiary/aromatic N) is 1. The maximum absolute atomic E-state index is 10.6. The monoisotopic (exact) mass is 285 g/mol. The fourth-order valence-electron chi connectivity index (χ4n) is 1.16. The summed E-state index contributed by atoms with van der Waals surface area (Å²) in [7, 11) is 0. The number of benzene rings is 1. The van der Waals surface area contributed by atoms with E-state index in [2.05, 4.69) is 15.9 Å². The third kappa shape index (κ3) is 2.90. The van der Waals surface area contributed by atoms with Crippen molar-refractivity contribution < 1.29 is 14.8 Å². The molecule has 0 amide bonds. The van der Waals surface area contributed by atoms with E-state index in [1.54, 1.807) is 6.92 Å². The van der Waals surface area contributed by atoms with Gasteiger partial charge in [0.15, 0.2) is 0 Å². The van der Waals surface area contributed by atoms with Crippen molar-refractivity contribution in [2.24, 2.45) is 0 Å². The lowest BCUT2D eigenvalue weighted by Crippen LogP contribution is -1.93. The molecule has 0 atom stereocenters. The number of aryl methyl sites for hydroxylation is 1. The van der Waals surface area contributed by atoms with Gasteiger partial charge in [0.05, 0.1) is 9.40 Å². The molecule has 0 saturated carbocycles. The van der Waals surface area contributed by atoms with E-state index < -0.39 is 10.9 Å². The molecule has 84 valence electrons. The third-order valence-electron chi connectivity index (χ3n) is 1.94. The van der Waals surface area contributed by atoms with Crippen LogP contribution in [-0.2, 0) is 4.79 Å². The number of hydrogen-bond donors (Lipinski definition) is 1. The van der Waals surface area contributed by atoms with Crippen molar-refractivity contribution >= 4 is 33.7 Å². The molecule has 0 aromatic heterocycles. The summed E-state index contributed by atoms with van der Waals surface area (Å²) >= 11 is 3.07. The molecule has 1 rings (SSSR count). The van der Waals surface area contributed by atoms with E-state index in [-0.39, 0.29) is 5.69 Å². The number of halogens is 1. The van der Waals surface area contributed by atoms with Crippen LogP contribution in [0.2, 0.25) is 0 Å². The van der Waals surface area contributed by atoms with Gasteiger partial charge in [0.2, 0.25) is 0 Å². The van der Waals surface area contributed by atoms with Crippen LogP contribution in [0.15, 0.2) is 22.7 Å². The molecule has 0 spiro atoms. The van der Waals surface area contributed by atoms with Crippen molar-refractivity contribution in [1.82, 2.24) is 0 Å². The summed E-state index contributed by atoms with van der Waals surface area (Å²) in [6.45, 7) is 1.68. The van der Waals surface area contributed by atoms with Crippen LogP contribution in [0.3, 0.4) is 0 Å². The van der Waals surface area contributed by atoms with Crippen molar-refractivity contribution in [3.8, 4) is 0 Å². The molecule has 6 heteroatoms. The summed E-state index contributed by atoms with van der Waals surface area (Å²) in [6, 6.07) is 2.92. The molecule has 0 saturated heterocycles. The van der Waals surface area contributed by atoms with E-state index in [4.69, 9.17) is 5.11 Å². The van der Waals surface area contributed by atoms with Crippen molar-refractivity contribution in [2.45, 2.75) is 6.92 Å². The molecule has 0 aliphatic rings. The first-order chi connectivity index (χ1) is 7.41. The normalized spacial score (nSPS) is 10.6. The molecule has 0 aliphatic carbocycles. The highest BCUT2D eigenvalue weighted by Crippen LogP contribution is 2.28. The number of rotatable bonds is 3. The van der Waals surface area contributed by atoms with Crippen LogP contribution in [-0.4, -0.2) is 16.0 Å². The Labute approximate surface area is 99.7 Å². The van der Waals surface area contributed by atoms with Crippen LogP contribution in [0.5, 0.6) is 0 Å². The van der Waals surface area contributed by atoms with Gasteiger partial charge in [-0.3, -0.25) is 10.1 Å². The number of nitro groups is 1. The molecule has 1 aromatic carbocycles. The molecular weight excluding hydrogens is 278 g/mol. The highest BCUT2D eigenvalue weighted by molar-refractivity contribution is 9.10. The highest BCUT2D eigenvalue weighted by atomic mass is 79.9. The lowest BCUT2D eigenvalue weighted by molar-refractivity contribution is -0.385. The highest BCUT2D eigenvalue weighted by Gasteiger charge is 2.13. The Morgan fingerprint density at radius 1 is 1.56 bits per heavy atom. The predicted molar refractivity (Wildman–Crippen MR) is 62.2 cm³/mol. The second kappa shape index (κ2) is 4.89. The van der Waals surface area contributed by atoms with Gasteiger partial charge >= 0.3 is 5.97 Å². The molecular formula is C10H8BrNO4. The summed E-state index contributed by atoms with van der Waals surface area (Å²) < 4.78 is 0.327. The lowest BCUT2D eigenvalue weighted by atomic mass is 10.1. The Bertz CT molecular complexity index is 482. The predicted octanol–water partition coefficient (Wildman–Crippen LogP) is 2.76. The summed E-state index contributed by atoms with van der Waals surface area (Å²) in [5.41, 5.74) is 1.23. The van der Waals surface area contributed by atoms with Gasteiger partial charge in [-0.05, 0) is 46.1 Å². The summed E-state index contributed by atoms with van der Waals surface area (Å²) in [5.74, 6) is -1.06. The van der Waals surface area contributed by atoms with Crippen LogP contribution in [0.4, 0.5) is 5.69 Å². The number of carbonyl (C=O) groups is 1. The molecule has 1 N–H and O–H groups in total. The quantitative estimate of drug-likeness (QED) is 0.526. The van der Waals surface area contributed by atoms with E-state index in [1.807, 2.05) is 0 Å². The van der Waals surface area contributed by atoms with Crippen LogP contribution in [0.25, 0.3) is 6.08 Å². The van der Waals surface area contributed by atoms with Crippen LogP contribution >= 0.6 is 15.9 Å². The minimum Gasteiger partial charge on any atom is -0.478 e. The van der Waals surface area contributed by atoms with E-state index >= 15 is 0 Å². The van der Waals surface area contributed by atoms with Gasteiger partial charge in [-0.15, -0.1) is 0 Å². The van der Waals surface area contributed by atoms with Gasteiger partial charge in [0, 0.05) is 12.1 Å². The van der Waals surface area contributed by atoms with Gasteiger partial charge in [-0.1, -0.05) is 0 Å². The summed E-state index contributed by atoms with van der Waals surface area (Å²) in [5, 5.41) is 19.1. The number of aliphatic carboxylic acids is 1. The molecule has 0 fully saturated rings. The zero-order chi connectivity index (χ0) is 12.3. The van der Waals surface area contributed by atoms with Crippen LogP contribution in [0.1, 0.15) is 11.1 Å². The number of nitro benzene ring substituents is 1. The van der Waals surface area contributed by atoms with Gasteiger partial charge in [-0.25, -0.2) is 4.79 Å². The van der Waals surface area contributed by atoms with Crippen molar-refractivity contribution in [3.63, 3.8) is 0 Å². The van der Waals surface area contributed by atoms with Crippen LogP contribution < -0.4 is 0 Å². The molecule has 16 heavy (non-hydrogen) atoms. The van der Waals surface area contributed by atoms with Gasteiger partial charge in [-0.2, -0.15) is 0 Å². The first kappa shape index (κ1) is 12.4. The number of carboxylic acids is 1. The summed E-state index contributed by atoms with van der Waals surface area (Å²) in [4.78, 5) is 20.5. The zero-order valence-corrected chi connectivity index (χ0v) is 9.89. The van der Waals surface area contributed by atoms with Crippen LogP contribution in [0, 0.1) is 17.0 Å². The van der Waals surface area contributed by atoms with Crippen molar-refractivity contribution in [2.75, 3.05) is 0 Å². The lowest BCUT2D eigenvalue weighted by Gasteiger charge is -2.02. The zero-order valence-electron chi connectivity index (χ0n) is 8.31. The fourth-order valence-corrected chi connectivity index (χ4v) is 1.67. The third-order valence-corrected chi connectivity index (χ3v) is 2.57. The Hall–Kier alpha value is -1.69. The topological polar surface area (TPSA) is 80.4 Å². The molecule has 5 nitrogen and oxygen atoms in total. The Balaban J connectivity index is 3.20. The minimum atomic E-state index is -1.06. The Kier molecular flexibility index (Phi) is 3.78. The summed E-state index contributed by atoms with van der Waals surface area (Å²) in [6.07, 6.45) is 2.38. The minimum absolute atomic E-state index is 0.0371. The second-order valence-electron chi connectivity index (χ2n) is 3.09. The molecule has 0 aliphatic heterocycles. The molecule has 0 unspecified atom stereocenters. The fraction of sp³-hybridized carbons (Fsp3) is 0.100. The van der Waals surface area contributed by atoms with Gasteiger partial charge in [0.1, 0.15) is 0 Å². The SMILES string of the molecule is Cc1cc([N+](=O)[O-])c(Br)cc1/C=C/C(=O)O. The average molecular weight is 286 g/mol. The molecule has 0 heterocycles. The first-order valence-corrected chi connectivity index (χ1v) is 5.06. The molecule has 0 radical (unpaired) electrons.